The Morgan fingerprint density at radius 3 is 2.95 bits per heavy atom. The molecule has 0 bridgehead atoms. The van der Waals surface area contributed by atoms with Crippen LogP contribution in [0.4, 0.5) is 0 Å². The number of aromatic amines is 1. The van der Waals surface area contributed by atoms with Crippen molar-refractivity contribution in [2.75, 3.05) is 13.6 Å². The molecule has 2 heterocycles. The lowest BCUT2D eigenvalue weighted by Gasteiger charge is -2.20. The summed E-state index contributed by atoms with van der Waals surface area (Å²) in [4.78, 5) is 13.9. The van der Waals surface area contributed by atoms with E-state index in [4.69, 9.17) is 4.74 Å². The second kappa shape index (κ2) is 4.96. The zero-order valence-corrected chi connectivity index (χ0v) is 11.5. The van der Waals surface area contributed by atoms with E-state index < -0.39 is 0 Å². The number of aromatic nitrogens is 3. The third kappa shape index (κ3) is 2.24. The van der Waals surface area contributed by atoms with Crippen LogP contribution in [0.1, 0.15) is 21.7 Å². The van der Waals surface area contributed by atoms with Crippen LogP contribution >= 0.6 is 0 Å². The monoisotopic (exact) mass is 272 g/mol. The number of amides is 1. The molecule has 1 aromatic carbocycles. The molecule has 0 saturated carbocycles. The number of nitrogens with one attached hydrogen (secondary N) is 1. The molecule has 2 aromatic rings. The molecule has 0 aliphatic carbocycles. The van der Waals surface area contributed by atoms with Crippen molar-refractivity contribution in [2.45, 2.75) is 19.4 Å². The number of likely N-dealkylation sites (N-methyl/N-ethyl adjacent to an activating group) is 1. The van der Waals surface area contributed by atoms with E-state index in [2.05, 4.69) is 21.5 Å². The maximum atomic E-state index is 12.2. The number of carbonyl (C=O) groups is 1. The van der Waals surface area contributed by atoms with Crippen LogP contribution in [0, 0.1) is 6.92 Å². The molecule has 3 rings (SSSR count). The summed E-state index contributed by atoms with van der Waals surface area (Å²) in [5.41, 5.74) is 2.16. The fourth-order valence-electron chi connectivity index (χ4n) is 2.41. The minimum absolute atomic E-state index is 0.00597. The van der Waals surface area contributed by atoms with Gasteiger partial charge in [-0.05, 0) is 18.6 Å². The molecular weight excluding hydrogens is 256 g/mol. The summed E-state index contributed by atoms with van der Waals surface area (Å²) in [6.45, 7) is 2.28. The Kier molecular flexibility index (Phi) is 3.14. The number of benzene rings is 1. The molecule has 20 heavy (non-hydrogen) atoms. The maximum Gasteiger partial charge on any atom is 0.276 e. The Morgan fingerprint density at radius 1 is 1.45 bits per heavy atom. The van der Waals surface area contributed by atoms with Gasteiger partial charge in [-0.3, -0.25) is 4.79 Å². The SMILES string of the molecule is Cc1n[nH]nc1C(=O)N(C)C[C@@H]1Cc2ccccc2O1. The third-order valence-corrected chi connectivity index (χ3v) is 3.46. The molecule has 6 heteroatoms. The minimum atomic E-state index is -0.143. The van der Waals surface area contributed by atoms with E-state index >= 15 is 0 Å². The van der Waals surface area contributed by atoms with E-state index in [-0.39, 0.29) is 12.0 Å². The molecule has 1 aliphatic heterocycles. The van der Waals surface area contributed by atoms with E-state index in [0.717, 1.165) is 12.2 Å². The first-order valence-corrected chi connectivity index (χ1v) is 6.52. The lowest BCUT2D eigenvalue weighted by molar-refractivity contribution is 0.0724. The second-order valence-electron chi connectivity index (χ2n) is 5.00. The number of aryl methyl sites for hydroxylation is 1. The summed E-state index contributed by atoms with van der Waals surface area (Å²) in [5.74, 6) is 0.770. The molecule has 0 spiro atoms. The van der Waals surface area contributed by atoms with Crippen LogP contribution in [0.15, 0.2) is 24.3 Å². The number of carbonyl (C=O) groups excluding carboxylic acids is 1. The van der Waals surface area contributed by atoms with Crippen LogP contribution in [0.5, 0.6) is 5.75 Å². The number of hydrogen-bond donors (Lipinski definition) is 1. The highest BCUT2D eigenvalue weighted by molar-refractivity contribution is 5.92. The largest absolute Gasteiger partial charge is 0.488 e. The molecule has 6 nitrogen and oxygen atoms in total. The van der Waals surface area contributed by atoms with Gasteiger partial charge in [0.25, 0.3) is 5.91 Å². The molecular formula is C14H16N4O2. The van der Waals surface area contributed by atoms with Crippen LogP contribution in [0.25, 0.3) is 0 Å². The summed E-state index contributed by atoms with van der Waals surface area (Å²) < 4.78 is 5.84. The van der Waals surface area contributed by atoms with Crippen molar-refractivity contribution in [1.29, 1.82) is 0 Å². The van der Waals surface area contributed by atoms with Gasteiger partial charge < -0.3 is 9.64 Å². The minimum Gasteiger partial charge on any atom is -0.488 e. The van der Waals surface area contributed by atoms with Gasteiger partial charge in [-0.15, -0.1) is 0 Å². The average Bonchev–Trinajstić information content (AvgIpc) is 3.03. The Balaban J connectivity index is 1.65. The Hall–Kier alpha value is -2.37. The first-order valence-electron chi connectivity index (χ1n) is 6.52. The number of nitrogens with zero attached hydrogens (tertiary/aromatic N) is 3. The fraction of sp³-hybridized carbons (Fsp3) is 0.357. The Morgan fingerprint density at radius 2 is 2.25 bits per heavy atom. The summed E-state index contributed by atoms with van der Waals surface area (Å²) in [5, 5.41) is 10.2. The summed E-state index contributed by atoms with van der Waals surface area (Å²) in [7, 11) is 1.75. The van der Waals surface area contributed by atoms with E-state index in [1.807, 2.05) is 18.2 Å². The van der Waals surface area contributed by atoms with E-state index in [0.29, 0.717) is 17.9 Å². The van der Waals surface area contributed by atoms with Crippen LogP contribution in [-0.2, 0) is 6.42 Å². The van der Waals surface area contributed by atoms with Crippen molar-refractivity contribution >= 4 is 5.91 Å². The number of rotatable bonds is 3. The van der Waals surface area contributed by atoms with Gasteiger partial charge in [0.05, 0.1) is 12.2 Å². The van der Waals surface area contributed by atoms with E-state index in [9.17, 15) is 4.79 Å². The van der Waals surface area contributed by atoms with Gasteiger partial charge in [0.15, 0.2) is 5.69 Å². The highest BCUT2D eigenvalue weighted by atomic mass is 16.5. The number of hydrogen-bond acceptors (Lipinski definition) is 4. The molecule has 0 radical (unpaired) electrons. The Bertz CT molecular complexity index is 613. The van der Waals surface area contributed by atoms with Crippen molar-refractivity contribution in [3.63, 3.8) is 0 Å². The van der Waals surface area contributed by atoms with E-state index in [1.165, 1.54) is 5.56 Å². The highest BCUT2D eigenvalue weighted by Crippen LogP contribution is 2.28. The molecule has 1 amide bonds. The highest BCUT2D eigenvalue weighted by Gasteiger charge is 2.26. The van der Waals surface area contributed by atoms with Crippen molar-refractivity contribution in [3.05, 3.63) is 41.2 Å². The smallest absolute Gasteiger partial charge is 0.276 e. The molecule has 1 aromatic heterocycles. The number of para-hydroxylation sites is 1. The summed E-state index contributed by atoms with van der Waals surface area (Å²) in [6, 6.07) is 7.96. The second-order valence-corrected chi connectivity index (χ2v) is 5.00. The quantitative estimate of drug-likeness (QED) is 0.911. The van der Waals surface area contributed by atoms with Gasteiger partial charge in [-0.25, -0.2) is 0 Å². The van der Waals surface area contributed by atoms with Crippen LogP contribution in [0.3, 0.4) is 0 Å². The predicted octanol–water partition coefficient (Wildman–Crippen LogP) is 1.19. The maximum absolute atomic E-state index is 12.2. The van der Waals surface area contributed by atoms with Gasteiger partial charge in [0.1, 0.15) is 11.9 Å². The lowest BCUT2D eigenvalue weighted by Crippen LogP contribution is -2.36. The lowest BCUT2D eigenvalue weighted by atomic mass is 10.1. The fourth-order valence-corrected chi connectivity index (χ4v) is 2.41. The van der Waals surface area contributed by atoms with Gasteiger partial charge in [0, 0.05) is 13.5 Å². The predicted molar refractivity (Wildman–Crippen MR) is 72.6 cm³/mol. The molecule has 1 atom stereocenters. The van der Waals surface area contributed by atoms with Crippen molar-refractivity contribution < 1.29 is 9.53 Å². The van der Waals surface area contributed by atoms with Crippen LogP contribution in [0.2, 0.25) is 0 Å². The number of fused-ring (bicyclic) bond motifs is 1. The number of H-pyrrole nitrogens is 1. The Labute approximate surface area is 116 Å². The van der Waals surface area contributed by atoms with Crippen molar-refractivity contribution in [2.24, 2.45) is 0 Å². The van der Waals surface area contributed by atoms with E-state index in [1.54, 1.807) is 18.9 Å². The van der Waals surface area contributed by atoms with Crippen molar-refractivity contribution in [1.82, 2.24) is 20.3 Å². The van der Waals surface area contributed by atoms with Gasteiger partial charge in [0.2, 0.25) is 0 Å². The average molecular weight is 272 g/mol. The van der Waals surface area contributed by atoms with Crippen LogP contribution in [-0.4, -0.2) is 45.9 Å². The molecule has 0 fully saturated rings. The molecule has 0 saturated heterocycles. The topological polar surface area (TPSA) is 71.1 Å². The first kappa shape index (κ1) is 12.7. The standard InChI is InChI=1S/C14H16N4O2/c1-9-13(16-17-15-9)14(19)18(2)8-11-7-10-5-3-4-6-12(10)20-11/h3-6,11H,7-8H2,1-2H3,(H,15,16,17)/t11-/m0/s1. The molecule has 1 N–H and O–H groups in total. The summed E-state index contributed by atoms with van der Waals surface area (Å²) in [6.07, 6.45) is 0.819. The molecule has 0 unspecified atom stereocenters. The van der Waals surface area contributed by atoms with Gasteiger partial charge in [-0.2, -0.15) is 15.4 Å². The van der Waals surface area contributed by atoms with Crippen LogP contribution < -0.4 is 4.74 Å². The van der Waals surface area contributed by atoms with Crippen molar-refractivity contribution in [3.8, 4) is 5.75 Å². The van der Waals surface area contributed by atoms with Gasteiger partial charge >= 0.3 is 0 Å². The third-order valence-electron chi connectivity index (χ3n) is 3.46. The molecule has 104 valence electrons. The first-order chi connectivity index (χ1) is 9.65. The number of ether oxygens (including phenoxy) is 1. The van der Waals surface area contributed by atoms with Gasteiger partial charge in [-0.1, -0.05) is 18.2 Å². The molecule has 1 aliphatic rings. The zero-order valence-electron chi connectivity index (χ0n) is 11.5. The normalized spacial score (nSPS) is 16.6. The zero-order chi connectivity index (χ0) is 14.1. The summed E-state index contributed by atoms with van der Waals surface area (Å²) >= 11 is 0.